The van der Waals surface area contributed by atoms with Crippen molar-refractivity contribution in [2.24, 2.45) is 0 Å². The van der Waals surface area contributed by atoms with Gasteiger partial charge in [0.25, 0.3) is 5.69 Å². The quantitative estimate of drug-likeness (QED) is 0.670. The van der Waals surface area contributed by atoms with Gasteiger partial charge in [0, 0.05) is 28.6 Å². The number of nitriles is 1. The van der Waals surface area contributed by atoms with Crippen LogP contribution in [-0.2, 0) is 5.41 Å². The van der Waals surface area contributed by atoms with E-state index in [1.807, 2.05) is 17.5 Å². The maximum atomic E-state index is 10.8. The minimum absolute atomic E-state index is 0.0528. The van der Waals surface area contributed by atoms with E-state index in [2.05, 4.69) is 25.2 Å². The van der Waals surface area contributed by atoms with Crippen LogP contribution < -0.4 is 5.32 Å². The summed E-state index contributed by atoms with van der Waals surface area (Å²) in [5.74, 6) is 0. The lowest BCUT2D eigenvalue weighted by Gasteiger charge is -2.24. The topological polar surface area (TPSA) is 79.0 Å². The molecule has 0 aliphatic carbocycles. The van der Waals surface area contributed by atoms with Gasteiger partial charge in [0.2, 0.25) is 0 Å². The third-order valence-electron chi connectivity index (χ3n) is 3.24. The molecular weight excluding hydrogens is 286 g/mol. The molecule has 5 nitrogen and oxygen atoms in total. The van der Waals surface area contributed by atoms with Gasteiger partial charge in [-0.2, -0.15) is 5.26 Å². The fraction of sp³-hybridized carbons (Fsp3) is 0.267. The molecule has 0 saturated heterocycles. The maximum absolute atomic E-state index is 10.8. The number of nitro groups is 1. The number of hydrogen-bond donors (Lipinski definition) is 1. The second-order valence-electron chi connectivity index (χ2n) is 5.32. The van der Waals surface area contributed by atoms with Crippen molar-refractivity contribution in [3.63, 3.8) is 0 Å². The highest BCUT2D eigenvalue weighted by Gasteiger charge is 2.22. The van der Waals surface area contributed by atoms with Gasteiger partial charge in [-0.25, -0.2) is 0 Å². The van der Waals surface area contributed by atoms with Crippen LogP contribution in [0.3, 0.4) is 0 Å². The Bertz CT molecular complexity index is 687. The van der Waals surface area contributed by atoms with Crippen molar-refractivity contribution < 1.29 is 4.92 Å². The van der Waals surface area contributed by atoms with E-state index in [0.29, 0.717) is 12.2 Å². The van der Waals surface area contributed by atoms with Crippen LogP contribution in [0.5, 0.6) is 0 Å². The number of hydrogen-bond acceptors (Lipinski definition) is 5. The first-order valence-electron chi connectivity index (χ1n) is 6.40. The molecule has 0 atom stereocenters. The predicted octanol–water partition coefficient (Wildman–Crippen LogP) is 3.92. The van der Waals surface area contributed by atoms with E-state index in [9.17, 15) is 10.1 Å². The first kappa shape index (κ1) is 15.0. The van der Waals surface area contributed by atoms with Crippen molar-refractivity contribution in [3.05, 3.63) is 56.3 Å². The van der Waals surface area contributed by atoms with Crippen LogP contribution in [0.15, 0.2) is 35.7 Å². The molecule has 1 aromatic carbocycles. The molecular formula is C15H15N3O2S. The molecule has 108 valence electrons. The molecule has 1 N–H and O–H groups in total. The summed E-state index contributed by atoms with van der Waals surface area (Å²) in [5, 5.41) is 25.1. The molecule has 0 aliphatic heterocycles. The standard InChI is InChI=1S/C15H15N3O2S/c1-15(2,14-4-3-7-21-14)10-17-12-5-6-13(18(19)20)11(8-12)9-16/h3-8,17H,10H2,1-2H3. The van der Waals surface area contributed by atoms with Crippen molar-refractivity contribution in [2.75, 3.05) is 11.9 Å². The van der Waals surface area contributed by atoms with Gasteiger partial charge in [-0.1, -0.05) is 19.9 Å². The average molecular weight is 301 g/mol. The lowest BCUT2D eigenvalue weighted by molar-refractivity contribution is -0.385. The Morgan fingerprint density at radius 2 is 2.19 bits per heavy atom. The summed E-state index contributed by atoms with van der Waals surface area (Å²) in [6.07, 6.45) is 0. The van der Waals surface area contributed by atoms with E-state index in [4.69, 9.17) is 5.26 Å². The molecule has 21 heavy (non-hydrogen) atoms. The summed E-state index contributed by atoms with van der Waals surface area (Å²) in [5.41, 5.74) is 0.559. The Kier molecular flexibility index (Phi) is 4.24. The maximum Gasteiger partial charge on any atom is 0.287 e. The molecule has 0 unspecified atom stereocenters. The SMILES string of the molecule is CC(C)(CNc1ccc([N+](=O)[O-])c(C#N)c1)c1cccs1. The Morgan fingerprint density at radius 1 is 1.43 bits per heavy atom. The summed E-state index contributed by atoms with van der Waals surface area (Å²) >= 11 is 1.70. The minimum Gasteiger partial charge on any atom is -0.384 e. The van der Waals surface area contributed by atoms with E-state index >= 15 is 0 Å². The molecule has 0 aliphatic rings. The largest absolute Gasteiger partial charge is 0.384 e. The van der Waals surface area contributed by atoms with Gasteiger partial charge in [0.05, 0.1) is 4.92 Å². The molecule has 0 bridgehead atoms. The van der Waals surface area contributed by atoms with Crippen LogP contribution in [0, 0.1) is 21.4 Å². The van der Waals surface area contributed by atoms with Crippen molar-refractivity contribution in [2.45, 2.75) is 19.3 Å². The van der Waals surface area contributed by atoms with E-state index < -0.39 is 4.92 Å². The van der Waals surface area contributed by atoms with Gasteiger partial charge in [-0.3, -0.25) is 10.1 Å². The van der Waals surface area contributed by atoms with Crippen LogP contribution >= 0.6 is 11.3 Å². The van der Waals surface area contributed by atoms with Gasteiger partial charge in [-0.05, 0) is 23.6 Å². The Labute approximate surface area is 127 Å². The van der Waals surface area contributed by atoms with Crippen molar-refractivity contribution in [1.29, 1.82) is 5.26 Å². The lowest BCUT2D eigenvalue weighted by Crippen LogP contribution is -2.26. The van der Waals surface area contributed by atoms with E-state index in [-0.39, 0.29) is 16.7 Å². The van der Waals surface area contributed by atoms with Gasteiger partial charge >= 0.3 is 0 Å². The van der Waals surface area contributed by atoms with Crippen molar-refractivity contribution >= 4 is 22.7 Å². The van der Waals surface area contributed by atoms with Gasteiger partial charge in [0.1, 0.15) is 11.6 Å². The van der Waals surface area contributed by atoms with E-state index in [0.717, 1.165) is 0 Å². The molecule has 0 fully saturated rings. The Morgan fingerprint density at radius 3 is 2.76 bits per heavy atom. The second-order valence-corrected chi connectivity index (χ2v) is 6.26. The number of benzene rings is 1. The zero-order chi connectivity index (χ0) is 15.5. The van der Waals surface area contributed by atoms with Crippen LogP contribution in [0.25, 0.3) is 0 Å². The predicted molar refractivity (Wildman–Crippen MR) is 83.6 cm³/mol. The monoisotopic (exact) mass is 301 g/mol. The Hall–Kier alpha value is -2.39. The first-order chi connectivity index (χ1) is 9.94. The number of rotatable bonds is 5. The summed E-state index contributed by atoms with van der Waals surface area (Å²) in [6, 6.07) is 10.5. The van der Waals surface area contributed by atoms with Crippen LogP contribution in [-0.4, -0.2) is 11.5 Å². The van der Waals surface area contributed by atoms with Crippen LogP contribution in [0.2, 0.25) is 0 Å². The molecule has 0 amide bonds. The zero-order valence-electron chi connectivity index (χ0n) is 11.8. The Balaban J connectivity index is 2.14. The molecule has 2 rings (SSSR count). The summed E-state index contributed by atoms with van der Waals surface area (Å²) in [7, 11) is 0. The molecule has 6 heteroatoms. The number of nitro benzene ring substituents is 1. The minimum atomic E-state index is -0.544. The zero-order valence-corrected chi connectivity index (χ0v) is 12.6. The number of thiophene rings is 1. The normalized spacial score (nSPS) is 10.9. The molecule has 1 heterocycles. The van der Waals surface area contributed by atoms with Crippen molar-refractivity contribution in [3.8, 4) is 6.07 Å². The van der Waals surface area contributed by atoms with E-state index in [1.165, 1.54) is 17.0 Å². The van der Waals surface area contributed by atoms with Crippen LogP contribution in [0.4, 0.5) is 11.4 Å². The summed E-state index contributed by atoms with van der Waals surface area (Å²) in [4.78, 5) is 11.5. The smallest absolute Gasteiger partial charge is 0.287 e. The number of nitrogens with zero attached hydrogens (tertiary/aromatic N) is 2. The molecule has 1 aromatic heterocycles. The molecule has 2 aromatic rings. The molecule has 0 radical (unpaired) electrons. The molecule has 0 spiro atoms. The third kappa shape index (κ3) is 3.38. The highest BCUT2D eigenvalue weighted by Crippen LogP contribution is 2.28. The fourth-order valence-corrected chi connectivity index (χ4v) is 2.82. The summed E-state index contributed by atoms with van der Waals surface area (Å²) < 4.78 is 0. The average Bonchev–Trinajstić information content (AvgIpc) is 2.99. The van der Waals surface area contributed by atoms with Gasteiger partial charge in [0.15, 0.2) is 0 Å². The third-order valence-corrected chi connectivity index (χ3v) is 4.47. The lowest BCUT2D eigenvalue weighted by atomic mass is 9.91. The number of anilines is 1. The number of nitrogens with one attached hydrogen (secondary N) is 1. The summed E-state index contributed by atoms with van der Waals surface area (Å²) in [6.45, 7) is 4.93. The van der Waals surface area contributed by atoms with Gasteiger partial charge < -0.3 is 5.32 Å². The van der Waals surface area contributed by atoms with Gasteiger partial charge in [-0.15, -0.1) is 11.3 Å². The highest BCUT2D eigenvalue weighted by atomic mass is 32.1. The fourth-order valence-electron chi connectivity index (χ4n) is 1.97. The van der Waals surface area contributed by atoms with Crippen molar-refractivity contribution in [1.82, 2.24) is 0 Å². The molecule has 0 saturated carbocycles. The second kappa shape index (κ2) is 5.94. The van der Waals surface area contributed by atoms with Crippen LogP contribution in [0.1, 0.15) is 24.3 Å². The van der Waals surface area contributed by atoms with E-state index in [1.54, 1.807) is 17.4 Å². The highest BCUT2D eigenvalue weighted by molar-refractivity contribution is 7.10. The first-order valence-corrected chi connectivity index (χ1v) is 7.28.